The van der Waals surface area contributed by atoms with Crippen molar-refractivity contribution in [1.82, 2.24) is 15.5 Å². The quantitative estimate of drug-likeness (QED) is 0.870. The van der Waals surface area contributed by atoms with E-state index in [0.29, 0.717) is 6.54 Å². The first-order chi connectivity index (χ1) is 11.9. The molecule has 2 N–H and O–H groups in total. The van der Waals surface area contributed by atoms with Crippen LogP contribution < -0.4 is 10.6 Å². The zero-order valence-corrected chi connectivity index (χ0v) is 16.0. The highest BCUT2D eigenvalue weighted by atomic mass is 32.1. The maximum atomic E-state index is 12.2. The largest absolute Gasteiger partial charge is 0.336 e. The molecule has 3 rings (SSSR count). The summed E-state index contributed by atoms with van der Waals surface area (Å²) in [7, 11) is 0. The lowest BCUT2D eigenvalue weighted by Crippen LogP contribution is -2.49. The summed E-state index contributed by atoms with van der Waals surface area (Å²) < 4.78 is 0. The number of thiophene rings is 1. The molecule has 25 heavy (non-hydrogen) atoms. The Labute approximate surface area is 154 Å². The number of carbonyl (C=O) groups excluding carboxylic acids is 1. The number of carbonyl (C=O) groups is 1. The van der Waals surface area contributed by atoms with Gasteiger partial charge in [-0.1, -0.05) is 24.3 Å². The van der Waals surface area contributed by atoms with Gasteiger partial charge in [-0.15, -0.1) is 0 Å². The topological polar surface area (TPSA) is 44.4 Å². The van der Waals surface area contributed by atoms with Gasteiger partial charge in [-0.3, -0.25) is 4.90 Å². The van der Waals surface area contributed by atoms with Gasteiger partial charge < -0.3 is 10.6 Å². The third kappa shape index (κ3) is 4.83. The molecule has 1 unspecified atom stereocenters. The van der Waals surface area contributed by atoms with Gasteiger partial charge in [0, 0.05) is 25.2 Å². The van der Waals surface area contributed by atoms with Crippen LogP contribution in [0.4, 0.5) is 4.79 Å². The molecule has 4 nitrogen and oxygen atoms in total. The predicted octanol–water partition coefficient (Wildman–Crippen LogP) is 3.95. The van der Waals surface area contributed by atoms with Crippen molar-refractivity contribution >= 4 is 17.4 Å². The van der Waals surface area contributed by atoms with E-state index in [9.17, 15) is 4.79 Å². The molecule has 2 amide bonds. The number of urea groups is 1. The lowest BCUT2D eigenvalue weighted by molar-refractivity contribution is 0.173. The molecule has 0 aliphatic carbocycles. The fourth-order valence-corrected chi connectivity index (χ4v) is 3.99. The molecule has 134 valence electrons. The maximum Gasteiger partial charge on any atom is 0.315 e. The molecule has 0 bridgehead atoms. The summed E-state index contributed by atoms with van der Waals surface area (Å²) in [4.78, 5) is 14.6. The third-order valence-corrected chi connectivity index (χ3v) is 5.17. The monoisotopic (exact) mass is 357 g/mol. The molecular weight excluding hydrogens is 330 g/mol. The number of amides is 2. The molecule has 1 atom stereocenters. The second-order valence-corrected chi connectivity index (χ2v) is 8.43. The lowest BCUT2D eigenvalue weighted by atomic mass is 9.97. The number of hydrogen-bond acceptors (Lipinski definition) is 3. The van der Waals surface area contributed by atoms with E-state index in [-0.39, 0.29) is 17.6 Å². The van der Waals surface area contributed by atoms with E-state index in [1.165, 1.54) is 16.7 Å². The summed E-state index contributed by atoms with van der Waals surface area (Å²) in [6.45, 7) is 8.53. The van der Waals surface area contributed by atoms with Crippen molar-refractivity contribution in [3.05, 3.63) is 57.8 Å². The summed E-state index contributed by atoms with van der Waals surface area (Å²) in [5, 5.41) is 10.3. The Bertz CT molecular complexity index is 706. The highest BCUT2D eigenvalue weighted by Gasteiger charge is 2.26. The van der Waals surface area contributed by atoms with Gasteiger partial charge >= 0.3 is 6.03 Å². The molecule has 1 aromatic heterocycles. The van der Waals surface area contributed by atoms with Crippen molar-refractivity contribution in [2.24, 2.45) is 0 Å². The number of nitrogens with zero attached hydrogens (tertiary/aromatic N) is 1. The first-order valence-electron chi connectivity index (χ1n) is 8.81. The van der Waals surface area contributed by atoms with Crippen LogP contribution in [-0.2, 0) is 13.0 Å². The minimum atomic E-state index is -0.230. The summed E-state index contributed by atoms with van der Waals surface area (Å²) in [6.07, 6.45) is 1.06. The molecule has 0 saturated heterocycles. The molecular formula is C20H27N3OS. The Hall–Kier alpha value is -1.85. The van der Waals surface area contributed by atoms with Crippen LogP contribution >= 0.6 is 11.3 Å². The van der Waals surface area contributed by atoms with Gasteiger partial charge in [0.15, 0.2) is 0 Å². The van der Waals surface area contributed by atoms with Gasteiger partial charge in [0.05, 0.1) is 6.04 Å². The highest BCUT2D eigenvalue weighted by Crippen LogP contribution is 2.28. The van der Waals surface area contributed by atoms with Crippen molar-refractivity contribution < 1.29 is 4.79 Å². The van der Waals surface area contributed by atoms with Crippen LogP contribution in [-0.4, -0.2) is 29.6 Å². The molecule has 0 spiro atoms. The van der Waals surface area contributed by atoms with E-state index >= 15 is 0 Å². The summed E-state index contributed by atoms with van der Waals surface area (Å²) in [6, 6.07) is 10.9. The average molecular weight is 358 g/mol. The van der Waals surface area contributed by atoms with Crippen LogP contribution in [0.25, 0.3) is 0 Å². The molecule has 5 heteroatoms. The second-order valence-electron chi connectivity index (χ2n) is 7.65. The molecule has 2 heterocycles. The first-order valence-corrected chi connectivity index (χ1v) is 9.75. The summed E-state index contributed by atoms with van der Waals surface area (Å²) >= 11 is 1.71. The van der Waals surface area contributed by atoms with Gasteiger partial charge in [0.25, 0.3) is 0 Å². The van der Waals surface area contributed by atoms with E-state index in [1.807, 2.05) is 20.8 Å². The summed E-state index contributed by atoms with van der Waals surface area (Å²) in [5.41, 5.74) is 3.89. The summed E-state index contributed by atoms with van der Waals surface area (Å²) in [5.74, 6) is 0. The fourth-order valence-electron chi connectivity index (χ4n) is 3.28. The van der Waals surface area contributed by atoms with E-state index in [1.54, 1.807) is 11.3 Å². The van der Waals surface area contributed by atoms with Gasteiger partial charge in [0.2, 0.25) is 0 Å². The van der Waals surface area contributed by atoms with E-state index in [2.05, 4.69) is 56.6 Å². The molecule has 1 aliphatic rings. The van der Waals surface area contributed by atoms with Crippen molar-refractivity contribution in [1.29, 1.82) is 0 Å². The number of benzene rings is 1. The third-order valence-electron chi connectivity index (χ3n) is 4.47. The fraction of sp³-hybridized carbons (Fsp3) is 0.450. The number of nitrogens with one attached hydrogen (secondary N) is 2. The van der Waals surface area contributed by atoms with Crippen molar-refractivity contribution in [2.75, 3.05) is 13.1 Å². The van der Waals surface area contributed by atoms with Crippen LogP contribution in [0, 0.1) is 0 Å². The molecule has 1 aromatic carbocycles. The predicted molar refractivity (Wildman–Crippen MR) is 104 cm³/mol. The van der Waals surface area contributed by atoms with Gasteiger partial charge in [-0.05, 0) is 60.7 Å². The van der Waals surface area contributed by atoms with E-state index < -0.39 is 0 Å². The van der Waals surface area contributed by atoms with Crippen LogP contribution in [0.5, 0.6) is 0 Å². The Morgan fingerprint density at radius 2 is 2.00 bits per heavy atom. The Balaban J connectivity index is 1.70. The minimum absolute atomic E-state index is 0.106. The zero-order valence-electron chi connectivity index (χ0n) is 15.2. The van der Waals surface area contributed by atoms with Crippen molar-refractivity contribution in [2.45, 2.75) is 45.3 Å². The number of rotatable bonds is 4. The standard InChI is InChI=1S/C20H27N3OS/c1-20(2,3)22-19(24)21-12-18(17-9-11-25-14-17)23-10-8-15-6-4-5-7-16(15)13-23/h4-7,9,11,14,18H,8,10,12-13H2,1-3H3,(H2,21,22,24). The highest BCUT2D eigenvalue weighted by molar-refractivity contribution is 7.07. The zero-order chi connectivity index (χ0) is 17.9. The molecule has 0 fully saturated rings. The Morgan fingerprint density at radius 1 is 1.24 bits per heavy atom. The normalized spacial score (nSPS) is 16.1. The van der Waals surface area contributed by atoms with Crippen LogP contribution in [0.15, 0.2) is 41.1 Å². The second kappa shape index (κ2) is 7.58. The maximum absolute atomic E-state index is 12.2. The van der Waals surface area contributed by atoms with Crippen LogP contribution in [0.1, 0.15) is 43.5 Å². The molecule has 0 saturated carbocycles. The van der Waals surface area contributed by atoms with Gasteiger partial charge in [0.1, 0.15) is 0 Å². The van der Waals surface area contributed by atoms with Gasteiger partial charge in [-0.25, -0.2) is 4.79 Å². The van der Waals surface area contributed by atoms with E-state index in [0.717, 1.165) is 19.5 Å². The minimum Gasteiger partial charge on any atom is -0.336 e. The van der Waals surface area contributed by atoms with E-state index in [4.69, 9.17) is 0 Å². The lowest BCUT2D eigenvalue weighted by Gasteiger charge is -2.35. The molecule has 2 aromatic rings. The van der Waals surface area contributed by atoms with Gasteiger partial charge in [-0.2, -0.15) is 11.3 Å². The van der Waals surface area contributed by atoms with Crippen molar-refractivity contribution in [3.8, 4) is 0 Å². The van der Waals surface area contributed by atoms with Crippen LogP contribution in [0.3, 0.4) is 0 Å². The smallest absolute Gasteiger partial charge is 0.315 e. The average Bonchev–Trinajstić information content (AvgIpc) is 3.07. The Kier molecular flexibility index (Phi) is 5.45. The van der Waals surface area contributed by atoms with Crippen LogP contribution in [0.2, 0.25) is 0 Å². The van der Waals surface area contributed by atoms with Crippen molar-refractivity contribution in [3.63, 3.8) is 0 Å². The first kappa shape index (κ1) is 18.0. The number of fused-ring (bicyclic) bond motifs is 1. The SMILES string of the molecule is CC(C)(C)NC(=O)NCC(c1ccsc1)N1CCc2ccccc2C1. The number of hydrogen-bond donors (Lipinski definition) is 2. The molecule has 0 radical (unpaired) electrons. The molecule has 1 aliphatic heterocycles. The Morgan fingerprint density at radius 3 is 2.68 bits per heavy atom.